The fourth-order valence-electron chi connectivity index (χ4n) is 2.32. The lowest BCUT2D eigenvalue weighted by Gasteiger charge is -2.33. The van der Waals surface area contributed by atoms with Crippen LogP contribution in [0.4, 0.5) is 8.78 Å². The highest BCUT2D eigenvalue weighted by atomic mass is 19.3. The van der Waals surface area contributed by atoms with Gasteiger partial charge in [-0.3, -0.25) is 0 Å². The molecule has 0 spiro atoms. The zero-order chi connectivity index (χ0) is 11.3. The van der Waals surface area contributed by atoms with Crippen molar-refractivity contribution in [2.45, 2.75) is 50.5 Å². The highest BCUT2D eigenvalue weighted by Gasteiger charge is 2.36. The van der Waals surface area contributed by atoms with Crippen LogP contribution >= 0.6 is 0 Å². The van der Waals surface area contributed by atoms with Gasteiger partial charge in [-0.25, -0.2) is 8.78 Å². The molecule has 1 N–H and O–H groups in total. The zero-order valence-corrected chi connectivity index (χ0v) is 9.23. The molecule has 15 heavy (non-hydrogen) atoms. The molecule has 0 aromatic carbocycles. The van der Waals surface area contributed by atoms with Crippen molar-refractivity contribution in [3.8, 4) is 12.3 Å². The van der Waals surface area contributed by atoms with E-state index in [1.807, 2.05) is 7.05 Å². The van der Waals surface area contributed by atoms with Crippen LogP contribution in [0.15, 0.2) is 0 Å². The Kier molecular flexibility index (Phi) is 4.53. The first-order chi connectivity index (χ1) is 7.09. The standard InChI is InChI=1S/C12H19F2N/c1-3-4-5-11(15-2)10-6-8-12(13,14)9-7-10/h1,10-11,15H,4-9H2,2H3. The molecule has 1 aliphatic rings. The van der Waals surface area contributed by atoms with E-state index in [-0.39, 0.29) is 12.8 Å². The smallest absolute Gasteiger partial charge is 0.248 e. The van der Waals surface area contributed by atoms with Gasteiger partial charge < -0.3 is 5.32 Å². The number of nitrogens with one attached hydrogen (secondary N) is 1. The van der Waals surface area contributed by atoms with Gasteiger partial charge >= 0.3 is 0 Å². The highest BCUT2D eigenvalue weighted by molar-refractivity contribution is 4.89. The first-order valence-corrected chi connectivity index (χ1v) is 5.57. The minimum atomic E-state index is -2.43. The van der Waals surface area contributed by atoms with Gasteiger partial charge in [0.2, 0.25) is 5.92 Å². The number of terminal acetylenes is 1. The second-order valence-corrected chi connectivity index (χ2v) is 4.33. The van der Waals surface area contributed by atoms with E-state index in [1.165, 1.54) is 0 Å². The number of hydrogen-bond acceptors (Lipinski definition) is 1. The van der Waals surface area contributed by atoms with Gasteiger partial charge in [-0.15, -0.1) is 12.3 Å². The highest BCUT2D eigenvalue weighted by Crippen LogP contribution is 2.38. The molecule has 0 amide bonds. The van der Waals surface area contributed by atoms with E-state index in [4.69, 9.17) is 6.42 Å². The first kappa shape index (κ1) is 12.4. The second-order valence-electron chi connectivity index (χ2n) is 4.33. The zero-order valence-electron chi connectivity index (χ0n) is 9.23. The molecular formula is C12H19F2N. The Morgan fingerprint density at radius 1 is 1.47 bits per heavy atom. The lowest BCUT2D eigenvalue weighted by Crippen LogP contribution is -2.38. The maximum Gasteiger partial charge on any atom is 0.248 e. The fourth-order valence-corrected chi connectivity index (χ4v) is 2.32. The molecule has 1 unspecified atom stereocenters. The molecule has 3 heteroatoms. The summed E-state index contributed by atoms with van der Waals surface area (Å²) < 4.78 is 25.9. The molecule has 0 bridgehead atoms. The Bertz CT molecular complexity index is 222. The topological polar surface area (TPSA) is 12.0 Å². The van der Waals surface area contributed by atoms with Gasteiger partial charge in [-0.2, -0.15) is 0 Å². The van der Waals surface area contributed by atoms with Crippen LogP contribution in [-0.4, -0.2) is 19.0 Å². The van der Waals surface area contributed by atoms with Crippen LogP contribution in [0.3, 0.4) is 0 Å². The van der Waals surface area contributed by atoms with E-state index < -0.39 is 5.92 Å². The van der Waals surface area contributed by atoms with Gasteiger partial charge in [0.05, 0.1) is 0 Å². The van der Waals surface area contributed by atoms with E-state index in [0.717, 1.165) is 12.8 Å². The molecule has 1 saturated carbocycles. The Morgan fingerprint density at radius 2 is 2.07 bits per heavy atom. The quantitative estimate of drug-likeness (QED) is 0.711. The van der Waals surface area contributed by atoms with Gasteiger partial charge in [0.15, 0.2) is 0 Å². The Hall–Kier alpha value is -0.620. The summed E-state index contributed by atoms with van der Waals surface area (Å²) in [5.74, 6) is 0.534. The lowest BCUT2D eigenvalue weighted by atomic mass is 9.80. The van der Waals surface area contributed by atoms with Crippen LogP contribution in [0.5, 0.6) is 0 Å². The van der Waals surface area contributed by atoms with Crippen LogP contribution in [-0.2, 0) is 0 Å². The van der Waals surface area contributed by atoms with E-state index in [0.29, 0.717) is 24.8 Å². The summed E-state index contributed by atoms with van der Waals surface area (Å²) in [5, 5.41) is 3.19. The normalized spacial score (nSPS) is 23.3. The third-order valence-corrected chi connectivity index (χ3v) is 3.30. The van der Waals surface area contributed by atoms with Gasteiger partial charge in [-0.05, 0) is 32.2 Å². The Balaban J connectivity index is 2.40. The fraction of sp³-hybridized carbons (Fsp3) is 0.833. The second kappa shape index (κ2) is 5.46. The van der Waals surface area contributed by atoms with E-state index in [9.17, 15) is 8.78 Å². The van der Waals surface area contributed by atoms with E-state index in [1.54, 1.807) is 0 Å². The Morgan fingerprint density at radius 3 is 2.53 bits per heavy atom. The molecular weight excluding hydrogens is 196 g/mol. The third-order valence-electron chi connectivity index (χ3n) is 3.30. The third kappa shape index (κ3) is 3.79. The number of alkyl halides is 2. The van der Waals surface area contributed by atoms with Crippen LogP contribution in [0.1, 0.15) is 38.5 Å². The molecule has 1 nitrogen and oxygen atoms in total. The molecule has 86 valence electrons. The summed E-state index contributed by atoms with van der Waals surface area (Å²) in [6.45, 7) is 0. The SMILES string of the molecule is C#CCCC(NC)C1CCC(F)(F)CC1. The van der Waals surface area contributed by atoms with Crippen LogP contribution in [0.25, 0.3) is 0 Å². The number of halogens is 2. The maximum atomic E-state index is 12.9. The predicted octanol–water partition coefficient (Wildman–Crippen LogP) is 2.81. The maximum absolute atomic E-state index is 12.9. The molecule has 0 heterocycles. The molecule has 1 fully saturated rings. The average molecular weight is 215 g/mol. The van der Waals surface area contributed by atoms with Gasteiger partial charge in [0, 0.05) is 25.3 Å². The van der Waals surface area contributed by atoms with Crippen molar-refractivity contribution in [1.29, 1.82) is 0 Å². The molecule has 1 rings (SSSR count). The van der Waals surface area contributed by atoms with Crippen molar-refractivity contribution in [2.24, 2.45) is 5.92 Å². The van der Waals surface area contributed by atoms with Gasteiger partial charge in [0.1, 0.15) is 0 Å². The van der Waals surface area contributed by atoms with Crippen molar-refractivity contribution in [1.82, 2.24) is 5.32 Å². The minimum absolute atomic E-state index is 0.0336. The molecule has 0 radical (unpaired) electrons. The molecule has 0 aliphatic heterocycles. The summed E-state index contributed by atoms with van der Waals surface area (Å²) in [4.78, 5) is 0. The summed E-state index contributed by atoms with van der Waals surface area (Å²) in [6.07, 6.45) is 8.11. The molecule has 0 aromatic heterocycles. The van der Waals surface area contributed by atoms with Gasteiger partial charge in [-0.1, -0.05) is 0 Å². The van der Waals surface area contributed by atoms with Gasteiger partial charge in [0.25, 0.3) is 0 Å². The van der Waals surface area contributed by atoms with Crippen molar-refractivity contribution >= 4 is 0 Å². The summed E-state index contributed by atoms with van der Waals surface area (Å²) in [5.41, 5.74) is 0. The lowest BCUT2D eigenvalue weighted by molar-refractivity contribution is -0.0495. The molecule has 1 aliphatic carbocycles. The van der Waals surface area contributed by atoms with Crippen molar-refractivity contribution < 1.29 is 8.78 Å². The molecule has 1 atom stereocenters. The minimum Gasteiger partial charge on any atom is -0.317 e. The summed E-state index contributed by atoms with van der Waals surface area (Å²) in [7, 11) is 1.88. The molecule has 0 aromatic rings. The monoisotopic (exact) mass is 215 g/mol. The first-order valence-electron chi connectivity index (χ1n) is 5.57. The van der Waals surface area contributed by atoms with Crippen LogP contribution in [0, 0.1) is 18.3 Å². The molecule has 0 saturated heterocycles. The van der Waals surface area contributed by atoms with Crippen LogP contribution < -0.4 is 5.32 Å². The largest absolute Gasteiger partial charge is 0.317 e. The average Bonchev–Trinajstić information content (AvgIpc) is 2.21. The van der Waals surface area contributed by atoms with Crippen LogP contribution in [0.2, 0.25) is 0 Å². The predicted molar refractivity (Wildman–Crippen MR) is 57.8 cm³/mol. The summed E-state index contributed by atoms with van der Waals surface area (Å²) >= 11 is 0. The summed E-state index contributed by atoms with van der Waals surface area (Å²) in [6, 6.07) is 0.303. The van der Waals surface area contributed by atoms with Crippen molar-refractivity contribution in [3.05, 3.63) is 0 Å². The Labute approximate surface area is 90.6 Å². The number of hydrogen-bond donors (Lipinski definition) is 1. The van der Waals surface area contributed by atoms with E-state index in [2.05, 4.69) is 11.2 Å². The van der Waals surface area contributed by atoms with E-state index >= 15 is 0 Å². The van der Waals surface area contributed by atoms with Crippen molar-refractivity contribution in [2.75, 3.05) is 7.05 Å². The number of rotatable bonds is 4. The van der Waals surface area contributed by atoms with Crippen molar-refractivity contribution in [3.63, 3.8) is 0 Å².